The maximum Gasteiger partial charge on any atom is 0.273 e. The molecule has 0 fully saturated rings. The molecular formula is C10H13N5O2. The first-order valence-corrected chi connectivity index (χ1v) is 5.22. The van der Waals surface area contributed by atoms with Crippen LogP contribution in [0.25, 0.3) is 0 Å². The maximum atomic E-state index is 11.6. The van der Waals surface area contributed by atoms with Crippen molar-refractivity contribution in [2.24, 2.45) is 7.05 Å². The number of aryl methyl sites for hydroxylation is 2. The zero-order chi connectivity index (χ0) is 12.3. The van der Waals surface area contributed by atoms with Crippen LogP contribution in [0, 0.1) is 6.92 Å². The van der Waals surface area contributed by atoms with Gasteiger partial charge in [0.1, 0.15) is 5.76 Å². The number of nitrogens with one attached hydrogen (secondary N) is 1. The van der Waals surface area contributed by atoms with Crippen molar-refractivity contribution < 1.29 is 9.32 Å². The average molecular weight is 235 g/mol. The summed E-state index contributed by atoms with van der Waals surface area (Å²) >= 11 is 0. The molecule has 0 aliphatic heterocycles. The molecule has 90 valence electrons. The van der Waals surface area contributed by atoms with Crippen LogP contribution in [0.15, 0.2) is 16.8 Å². The second kappa shape index (κ2) is 4.77. The van der Waals surface area contributed by atoms with Gasteiger partial charge < -0.3 is 9.84 Å². The van der Waals surface area contributed by atoms with E-state index in [9.17, 15) is 4.79 Å². The van der Waals surface area contributed by atoms with E-state index < -0.39 is 0 Å². The molecule has 1 amide bonds. The fraction of sp³-hybridized carbons (Fsp3) is 0.400. The van der Waals surface area contributed by atoms with Gasteiger partial charge in [0.05, 0.1) is 11.9 Å². The van der Waals surface area contributed by atoms with Gasteiger partial charge in [-0.2, -0.15) is 0 Å². The quantitative estimate of drug-likeness (QED) is 0.811. The largest absolute Gasteiger partial charge is 0.361 e. The standard InChI is InChI=1S/C10H13N5O2/c1-7-5-8(17-13-7)3-4-11-10(16)9-6-15(2)14-12-9/h5-6H,3-4H2,1-2H3,(H,11,16). The summed E-state index contributed by atoms with van der Waals surface area (Å²) in [6, 6.07) is 1.84. The van der Waals surface area contributed by atoms with Gasteiger partial charge in [-0.25, -0.2) is 0 Å². The Morgan fingerprint density at radius 1 is 1.59 bits per heavy atom. The summed E-state index contributed by atoms with van der Waals surface area (Å²) in [5, 5.41) is 13.9. The molecule has 0 unspecified atom stereocenters. The molecule has 0 aromatic carbocycles. The van der Waals surface area contributed by atoms with Gasteiger partial charge in [0.2, 0.25) is 0 Å². The van der Waals surface area contributed by atoms with Crippen LogP contribution in [0.2, 0.25) is 0 Å². The van der Waals surface area contributed by atoms with Gasteiger partial charge in [0.25, 0.3) is 5.91 Å². The molecule has 0 aliphatic carbocycles. The monoisotopic (exact) mass is 235 g/mol. The summed E-state index contributed by atoms with van der Waals surface area (Å²) in [6.07, 6.45) is 2.17. The molecular weight excluding hydrogens is 222 g/mol. The number of hydrogen-bond donors (Lipinski definition) is 1. The molecule has 7 heteroatoms. The zero-order valence-corrected chi connectivity index (χ0v) is 9.67. The van der Waals surface area contributed by atoms with Gasteiger partial charge in [-0.15, -0.1) is 5.10 Å². The van der Waals surface area contributed by atoms with E-state index in [0.717, 1.165) is 11.5 Å². The summed E-state index contributed by atoms with van der Waals surface area (Å²) in [5.74, 6) is 0.510. The van der Waals surface area contributed by atoms with Crippen molar-refractivity contribution in [1.29, 1.82) is 0 Å². The molecule has 2 aromatic heterocycles. The smallest absolute Gasteiger partial charge is 0.273 e. The Morgan fingerprint density at radius 2 is 2.41 bits per heavy atom. The molecule has 2 rings (SSSR count). The molecule has 2 aromatic rings. The normalized spacial score (nSPS) is 10.5. The molecule has 0 spiro atoms. The summed E-state index contributed by atoms with van der Waals surface area (Å²) in [7, 11) is 1.71. The Kier molecular flexibility index (Phi) is 3.17. The lowest BCUT2D eigenvalue weighted by molar-refractivity contribution is 0.0948. The van der Waals surface area contributed by atoms with Gasteiger partial charge in [-0.05, 0) is 6.92 Å². The second-order valence-electron chi connectivity index (χ2n) is 3.72. The fourth-order valence-corrected chi connectivity index (χ4v) is 1.38. The van der Waals surface area contributed by atoms with Crippen molar-refractivity contribution in [2.45, 2.75) is 13.3 Å². The fourth-order valence-electron chi connectivity index (χ4n) is 1.38. The molecule has 0 bridgehead atoms. The van der Waals surface area contributed by atoms with Crippen LogP contribution < -0.4 is 5.32 Å². The number of rotatable bonds is 4. The van der Waals surface area contributed by atoms with Gasteiger partial charge in [-0.3, -0.25) is 9.48 Å². The van der Waals surface area contributed by atoms with E-state index in [2.05, 4.69) is 20.8 Å². The third-order valence-electron chi connectivity index (χ3n) is 2.17. The van der Waals surface area contributed by atoms with E-state index in [4.69, 9.17) is 4.52 Å². The molecule has 1 N–H and O–H groups in total. The van der Waals surface area contributed by atoms with Crippen molar-refractivity contribution >= 4 is 5.91 Å². The Labute approximate surface area is 97.8 Å². The van der Waals surface area contributed by atoms with Crippen molar-refractivity contribution in [3.05, 3.63) is 29.4 Å². The Hall–Kier alpha value is -2.18. The van der Waals surface area contributed by atoms with E-state index in [1.165, 1.54) is 4.68 Å². The van der Waals surface area contributed by atoms with Crippen molar-refractivity contribution in [2.75, 3.05) is 6.54 Å². The minimum Gasteiger partial charge on any atom is -0.361 e. The highest BCUT2D eigenvalue weighted by Crippen LogP contribution is 2.02. The Bertz CT molecular complexity index is 516. The third kappa shape index (κ3) is 2.90. The first kappa shape index (κ1) is 11.3. The first-order chi connectivity index (χ1) is 8.15. The second-order valence-corrected chi connectivity index (χ2v) is 3.72. The van der Waals surface area contributed by atoms with Gasteiger partial charge in [0.15, 0.2) is 5.69 Å². The first-order valence-electron chi connectivity index (χ1n) is 5.22. The van der Waals surface area contributed by atoms with Crippen LogP contribution in [0.5, 0.6) is 0 Å². The SMILES string of the molecule is Cc1cc(CCNC(=O)c2cn(C)nn2)on1. The van der Waals surface area contributed by atoms with E-state index >= 15 is 0 Å². The molecule has 0 saturated carbocycles. The van der Waals surface area contributed by atoms with Gasteiger partial charge in [-0.1, -0.05) is 10.4 Å². The van der Waals surface area contributed by atoms with E-state index in [1.807, 2.05) is 13.0 Å². The number of nitrogens with zero attached hydrogens (tertiary/aromatic N) is 4. The predicted octanol–water partition coefficient (Wildman–Crippen LogP) is 0.0840. The molecule has 0 saturated heterocycles. The third-order valence-corrected chi connectivity index (χ3v) is 2.17. The van der Waals surface area contributed by atoms with Crippen LogP contribution in [0.4, 0.5) is 0 Å². The van der Waals surface area contributed by atoms with Gasteiger partial charge in [0, 0.05) is 26.1 Å². The minimum absolute atomic E-state index is 0.241. The van der Waals surface area contributed by atoms with Crippen LogP contribution in [-0.4, -0.2) is 32.6 Å². The Balaban J connectivity index is 1.81. The highest BCUT2D eigenvalue weighted by molar-refractivity contribution is 5.91. The molecule has 0 aliphatic rings. The highest BCUT2D eigenvalue weighted by atomic mass is 16.5. The molecule has 17 heavy (non-hydrogen) atoms. The lowest BCUT2D eigenvalue weighted by Gasteiger charge is -1.99. The van der Waals surface area contributed by atoms with E-state index in [0.29, 0.717) is 18.7 Å². The summed E-state index contributed by atoms with van der Waals surface area (Å²) < 4.78 is 6.50. The summed E-state index contributed by atoms with van der Waals surface area (Å²) in [4.78, 5) is 11.6. The topological polar surface area (TPSA) is 85.8 Å². The minimum atomic E-state index is -0.241. The van der Waals surface area contributed by atoms with Gasteiger partial charge >= 0.3 is 0 Å². The number of amides is 1. The lowest BCUT2D eigenvalue weighted by atomic mass is 10.3. The van der Waals surface area contributed by atoms with E-state index in [-0.39, 0.29) is 5.91 Å². The van der Waals surface area contributed by atoms with Crippen molar-refractivity contribution in [3.63, 3.8) is 0 Å². The van der Waals surface area contributed by atoms with Crippen molar-refractivity contribution in [1.82, 2.24) is 25.5 Å². The molecule has 7 nitrogen and oxygen atoms in total. The van der Waals surface area contributed by atoms with Crippen molar-refractivity contribution in [3.8, 4) is 0 Å². The van der Waals surface area contributed by atoms with Crippen LogP contribution in [-0.2, 0) is 13.5 Å². The molecule has 0 atom stereocenters. The maximum absolute atomic E-state index is 11.6. The molecule has 2 heterocycles. The van der Waals surface area contributed by atoms with E-state index in [1.54, 1.807) is 13.2 Å². The number of hydrogen-bond acceptors (Lipinski definition) is 5. The van der Waals surface area contributed by atoms with Crippen LogP contribution in [0.3, 0.4) is 0 Å². The molecule has 0 radical (unpaired) electrons. The zero-order valence-electron chi connectivity index (χ0n) is 9.67. The summed E-state index contributed by atoms with van der Waals surface area (Å²) in [6.45, 7) is 2.33. The predicted molar refractivity (Wildman–Crippen MR) is 58.3 cm³/mol. The number of aromatic nitrogens is 4. The lowest BCUT2D eigenvalue weighted by Crippen LogP contribution is -2.25. The Morgan fingerprint density at radius 3 is 3.00 bits per heavy atom. The summed E-state index contributed by atoms with van der Waals surface area (Å²) in [5.41, 5.74) is 1.14. The number of carbonyl (C=O) groups is 1. The average Bonchev–Trinajstić information content (AvgIpc) is 2.88. The van der Waals surface area contributed by atoms with Crippen LogP contribution >= 0.6 is 0 Å². The van der Waals surface area contributed by atoms with Crippen LogP contribution in [0.1, 0.15) is 21.9 Å². The highest BCUT2D eigenvalue weighted by Gasteiger charge is 2.09. The number of carbonyl (C=O) groups excluding carboxylic acids is 1.